The molecule has 32 heavy (non-hydrogen) atoms. The van der Waals surface area contributed by atoms with Crippen molar-refractivity contribution in [3.8, 4) is 17.3 Å². The van der Waals surface area contributed by atoms with Crippen LogP contribution in [0.15, 0.2) is 42.6 Å². The van der Waals surface area contributed by atoms with Crippen molar-refractivity contribution in [1.29, 1.82) is 5.26 Å². The zero-order valence-electron chi connectivity index (χ0n) is 16.7. The predicted molar refractivity (Wildman–Crippen MR) is 106 cm³/mol. The number of alkyl halides is 3. The molecule has 2 aromatic heterocycles. The SMILES string of the molecule is N#Cc1cc(C(=O)N[C@@H]2CCCCn3nc(-c4ccnc(C(F)(F)F)c4)cc32)ccc1F. The molecule has 0 fully saturated rings. The number of nitriles is 1. The van der Waals surface area contributed by atoms with Gasteiger partial charge in [0.1, 0.15) is 17.6 Å². The predicted octanol–water partition coefficient (Wildman–Crippen LogP) is 4.63. The third-order valence-electron chi connectivity index (χ3n) is 5.28. The van der Waals surface area contributed by atoms with Gasteiger partial charge in [0.2, 0.25) is 0 Å². The van der Waals surface area contributed by atoms with Crippen molar-refractivity contribution >= 4 is 5.91 Å². The third kappa shape index (κ3) is 4.32. The van der Waals surface area contributed by atoms with Crippen molar-refractivity contribution in [1.82, 2.24) is 20.1 Å². The minimum absolute atomic E-state index is 0.141. The second kappa shape index (κ2) is 8.42. The van der Waals surface area contributed by atoms with E-state index in [0.29, 0.717) is 24.4 Å². The Kier molecular flexibility index (Phi) is 5.65. The summed E-state index contributed by atoms with van der Waals surface area (Å²) in [5.74, 6) is -1.19. The maximum absolute atomic E-state index is 13.6. The Bertz CT molecular complexity index is 1210. The average Bonchev–Trinajstić information content (AvgIpc) is 3.11. The lowest BCUT2D eigenvalue weighted by molar-refractivity contribution is -0.141. The fraction of sp³-hybridized carbons (Fsp3) is 0.273. The number of amides is 1. The highest BCUT2D eigenvalue weighted by atomic mass is 19.4. The van der Waals surface area contributed by atoms with Gasteiger partial charge in [-0.05, 0) is 55.7 Å². The molecule has 0 spiro atoms. The van der Waals surface area contributed by atoms with Crippen LogP contribution in [0.1, 0.15) is 52.6 Å². The molecule has 1 N–H and O–H groups in total. The molecule has 6 nitrogen and oxygen atoms in total. The minimum Gasteiger partial charge on any atom is -0.344 e. The van der Waals surface area contributed by atoms with Crippen LogP contribution in [0, 0.1) is 17.1 Å². The Morgan fingerprint density at radius 3 is 2.75 bits per heavy atom. The summed E-state index contributed by atoms with van der Waals surface area (Å²) in [5, 5.41) is 16.3. The van der Waals surface area contributed by atoms with Gasteiger partial charge in [-0.25, -0.2) is 4.39 Å². The first-order valence-electron chi connectivity index (χ1n) is 9.88. The van der Waals surface area contributed by atoms with Gasteiger partial charge >= 0.3 is 6.18 Å². The number of hydrogen-bond donors (Lipinski definition) is 1. The third-order valence-corrected chi connectivity index (χ3v) is 5.28. The first-order valence-corrected chi connectivity index (χ1v) is 9.88. The molecule has 164 valence electrons. The molecule has 1 aliphatic rings. The van der Waals surface area contributed by atoms with E-state index in [9.17, 15) is 22.4 Å². The van der Waals surface area contributed by atoms with Gasteiger partial charge in [-0.1, -0.05) is 0 Å². The summed E-state index contributed by atoms with van der Waals surface area (Å²) < 4.78 is 54.3. The molecule has 1 aliphatic heterocycles. The lowest BCUT2D eigenvalue weighted by Gasteiger charge is -2.17. The Morgan fingerprint density at radius 2 is 2.00 bits per heavy atom. The van der Waals surface area contributed by atoms with E-state index >= 15 is 0 Å². The number of hydrogen-bond acceptors (Lipinski definition) is 4. The number of aromatic nitrogens is 3. The number of fused-ring (bicyclic) bond motifs is 1. The summed E-state index contributed by atoms with van der Waals surface area (Å²) in [4.78, 5) is 16.1. The molecule has 1 amide bonds. The Balaban J connectivity index is 1.63. The van der Waals surface area contributed by atoms with Crippen LogP contribution in [-0.2, 0) is 12.7 Å². The van der Waals surface area contributed by atoms with Crippen molar-refractivity contribution in [2.75, 3.05) is 0 Å². The molecule has 0 bridgehead atoms. The number of halogens is 4. The summed E-state index contributed by atoms with van der Waals surface area (Å²) >= 11 is 0. The molecule has 3 aromatic rings. The number of benzene rings is 1. The van der Waals surface area contributed by atoms with Crippen LogP contribution >= 0.6 is 0 Å². The molecule has 0 aliphatic carbocycles. The summed E-state index contributed by atoms with van der Waals surface area (Å²) in [7, 11) is 0. The van der Waals surface area contributed by atoms with Crippen LogP contribution < -0.4 is 5.32 Å². The largest absolute Gasteiger partial charge is 0.433 e. The van der Waals surface area contributed by atoms with Crippen molar-refractivity contribution in [3.05, 3.63) is 70.9 Å². The lowest BCUT2D eigenvalue weighted by atomic mass is 10.0. The smallest absolute Gasteiger partial charge is 0.344 e. The van der Waals surface area contributed by atoms with Crippen molar-refractivity contribution in [2.45, 2.75) is 38.0 Å². The normalized spacial score (nSPS) is 16.0. The standard InChI is InChI=1S/C22H17F4N5O/c23-16-5-4-14(9-15(16)12-27)21(32)29-17-3-1-2-8-31-19(17)11-18(30-31)13-6-7-28-20(10-13)22(24,25)26/h4-7,9-11,17H,1-3,8H2,(H,29,32)/t17-/m1/s1. The van der Waals surface area contributed by atoms with Crippen molar-refractivity contribution in [3.63, 3.8) is 0 Å². The second-order valence-electron chi connectivity index (χ2n) is 7.43. The highest BCUT2D eigenvalue weighted by Gasteiger charge is 2.33. The van der Waals surface area contributed by atoms with E-state index in [1.807, 2.05) is 0 Å². The first kappa shape index (κ1) is 21.5. The number of pyridine rings is 1. The van der Waals surface area contributed by atoms with Gasteiger partial charge in [-0.2, -0.15) is 23.5 Å². The van der Waals surface area contributed by atoms with E-state index in [-0.39, 0.29) is 16.7 Å². The van der Waals surface area contributed by atoms with Crippen molar-refractivity contribution < 1.29 is 22.4 Å². The van der Waals surface area contributed by atoms with Crippen LogP contribution in [-0.4, -0.2) is 20.7 Å². The molecular formula is C22H17F4N5O. The van der Waals surface area contributed by atoms with Gasteiger partial charge in [-0.3, -0.25) is 14.5 Å². The minimum atomic E-state index is -4.57. The van der Waals surface area contributed by atoms with Gasteiger partial charge < -0.3 is 5.32 Å². The van der Waals surface area contributed by atoms with E-state index in [0.717, 1.165) is 31.2 Å². The van der Waals surface area contributed by atoms with E-state index < -0.39 is 29.6 Å². The van der Waals surface area contributed by atoms with Crippen LogP contribution in [0.25, 0.3) is 11.3 Å². The highest BCUT2D eigenvalue weighted by Crippen LogP contribution is 2.32. The number of rotatable bonds is 3. The molecule has 3 heterocycles. The maximum atomic E-state index is 13.6. The van der Waals surface area contributed by atoms with Crippen LogP contribution in [0.5, 0.6) is 0 Å². The topological polar surface area (TPSA) is 83.6 Å². The van der Waals surface area contributed by atoms with E-state index in [1.54, 1.807) is 16.8 Å². The van der Waals surface area contributed by atoms with Gasteiger partial charge in [0, 0.05) is 23.9 Å². The molecular weight excluding hydrogens is 426 g/mol. The Morgan fingerprint density at radius 1 is 1.19 bits per heavy atom. The first-order chi connectivity index (χ1) is 15.3. The molecule has 0 radical (unpaired) electrons. The molecule has 1 atom stereocenters. The molecule has 4 rings (SSSR count). The van der Waals surface area contributed by atoms with Crippen LogP contribution in [0.3, 0.4) is 0 Å². The van der Waals surface area contributed by atoms with Gasteiger partial charge in [0.05, 0.1) is 23.0 Å². The maximum Gasteiger partial charge on any atom is 0.433 e. The molecule has 0 saturated carbocycles. The van der Waals surface area contributed by atoms with Crippen LogP contribution in [0.4, 0.5) is 17.6 Å². The van der Waals surface area contributed by atoms with E-state index in [4.69, 9.17) is 5.26 Å². The molecule has 0 saturated heterocycles. The summed E-state index contributed by atoms with van der Waals surface area (Å²) in [6.07, 6.45) is -1.28. The molecule has 1 aromatic carbocycles. The zero-order valence-corrected chi connectivity index (χ0v) is 16.7. The number of carbonyl (C=O) groups excluding carboxylic acids is 1. The number of aryl methyl sites for hydroxylation is 1. The quantitative estimate of drug-likeness (QED) is 0.599. The van der Waals surface area contributed by atoms with E-state index in [2.05, 4.69) is 15.4 Å². The lowest BCUT2D eigenvalue weighted by Crippen LogP contribution is -2.29. The second-order valence-corrected chi connectivity index (χ2v) is 7.43. The van der Waals surface area contributed by atoms with E-state index in [1.165, 1.54) is 18.2 Å². The average molecular weight is 443 g/mol. The van der Waals surface area contributed by atoms with Crippen molar-refractivity contribution in [2.24, 2.45) is 0 Å². The highest BCUT2D eigenvalue weighted by molar-refractivity contribution is 5.94. The monoisotopic (exact) mass is 443 g/mol. The number of nitrogens with zero attached hydrogens (tertiary/aromatic N) is 4. The summed E-state index contributed by atoms with van der Waals surface area (Å²) in [6.45, 7) is 0.564. The zero-order chi connectivity index (χ0) is 22.9. The fourth-order valence-electron chi connectivity index (χ4n) is 3.67. The van der Waals surface area contributed by atoms with Gasteiger partial charge in [0.25, 0.3) is 5.91 Å². The van der Waals surface area contributed by atoms with Crippen LogP contribution in [0.2, 0.25) is 0 Å². The number of nitrogens with one attached hydrogen (secondary N) is 1. The molecule has 10 heteroatoms. The summed E-state index contributed by atoms with van der Waals surface area (Å²) in [5.41, 5.74) is 0.190. The summed E-state index contributed by atoms with van der Waals surface area (Å²) in [6, 6.07) is 8.85. The fourth-order valence-corrected chi connectivity index (χ4v) is 3.67. The Hall–Kier alpha value is -3.74. The van der Waals surface area contributed by atoms with Gasteiger partial charge in [0.15, 0.2) is 0 Å². The number of carbonyl (C=O) groups is 1. The molecule has 0 unspecified atom stereocenters. The van der Waals surface area contributed by atoms with Gasteiger partial charge in [-0.15, -0.1) is 0 Å². The Labute approximate surface area is 180 Å².